The molecule has 8 heteroatoms. The maximum atomic E-state index is 12.9. The first-order chi connectivity index (χ1) is 13.1. The first-order valence-corrected chi connectivity index (χ1v) is 9.39. The third-order valence-corrected chi connectivity index (χ3v) is 5.14. The van der Waals surface area contributed by atoms with E-state index in [1.54, 1.807) is 46.5 Å². The fraction of sp³-hybridized carbons (Fsp3) is 0.421. The average Bonchev–Trinajstić information content (AvgIpc) is 3.20. The summed E-state index contributed by atoms with van der Waals surface area (Å²) in [4.78, 5) is 36.0. The maximum Gasteiger partial charge on any atom is 0.255 e. The molecule has 0 radical (unpaired) electrons. The highest BCUT2D eigenvalue weighted by molar-refractivity contribution is 6.33. The van der Waals surface area contributed by atoms with Crippen LogP contribution in [0, 0.1) is 5.92 Å². The van der Waals surface area contributed by atoms with Gasteiger partial charge in [-0.3, -0.25) is 9.59 Å². The molecule has 7 nitrogen and oxygen atoms in total. The van der Waals surface area contributed by atoms with E-state index in [9.17, 15) is 14.7 Å². The van der Waals surface area contributed by atoms with Crippen LogP contribution in [0.1, 0.15) is 29.0 Å². The molecule has 0 aliphatic carbocycles. The Hall–Kier alpha value is -2.38. The Kier molecular flexibility index (Phi) is 6.47. The predicted octanol–water partition coefficient (Wildman–Crippen LogP) is 1.94. The number of aromatic amines is 1. The summed E-state index contributed by atoms with van der Waals surface area (Å²) in [6, 6.07) is 7.00. The van der Waals surface area contributed by atoms with Gasteiger partial charge in [0.2, 0.25) is 5.91 Å². The number of H-pyrrole nitrogens is 1. The molecule has 3 rings (SSSR count). The minimum absolute atomic E-state index is 0.00899. The number of halogens is 1. The van der Waals surface area contributed by atoms with Crippen LogP contribution in [-0.2, 0) is 11.3 Å². The van der Waals surface area contributed by atoms with E-state index in [1.807, 2.05) is 0 Å². The summed E-state index contributed by atoms with van der Waals surface area (Å²) in [6.45, 7) is 1.52. The Morgan fingerprint density at radius 3 is 2.67 bits per heavy atom. The first-order valence-electron chi connectivity index (χ1n) is 9.02. The van der Waals surface area contributed by atoms with Gasteiger partial charge in [0.25, 0.3) is 5.91 Å². The number of amides is 2. The topological polar surface area (TPSA) is 89.5 Å². The van der Waals surface area contributed by atoms with E-state index in [-0.39, 0.29) is 30.9 Å². The lowest BCUT2D eigenvalue weighted by Crippen LogP contribution is -2.45. The molecule has 1 fully saturated rings. The summed E-state index contributed by atoms with van der Waals surface area (Å²) in [6.07, 6.45) is 4.52. The standard InChI is InChI=1S/C19H23ClN4O3/c20-16-4-2-1-3-15(16)19(27)23-9-5-14(6-10-23)18(26)24(11-12-25)13-17-21-7-8-22-17/h1-4,7-8,14,25H,5-6,9-13H2,(H,21,22). The van der Waals surface area contributed by atoms with Crippen LogP contribution in [0.25, 0.3) is 0 Å². The molecule has 2 heterocycles. The number of likely N-dealkylation sites (tertiary alicyclic amines) is 1. The second-order valence-corrected chi connectivity index (χ2v) is 6.97. The van der Waals surface area contributed by atoms with E-state index < -0.39 is 0 Å². The summed E-state index contributed by atoms with van der Waals surface area (Å²) in [5.74, 6) is 0.407. The number of nitrogens with zero attached hydrogens (tertiary/aromatic N) is 3. The Morgan fingerprint density at radius 1 is 1.30 bits per heavy atom. The van der Waals surface area contributed by atoms with Crippen LogP contribution in [0.2, 0.25) is 5.02 Å². The van der Waals surface area contributed by atoms with Crippen LogP contribution >= 0.6 is 11.6 Å². The van der Waals surface area contributed by atoms with Crippen molar-refractivity contribution >= 4 is 23.4 Å². The molecule has 144 valence electrons. The van der Waals surface area contributed by atoms with Crippen molar-refractivity contribution in [3.63, 3.8) is 0 Å². The molecule has 1 aliphatic rings. The lowest BCUT2D eigenvalue weighted by Gasteiger charge is -2.34. The molecule has 0 bridgehead atoms. The lowest BCUT2D eigenvalue weighted by atomic mass is 9.94. The second kappa shape index (κ2) is 9.01. The molecule has 1 aromatic carbocycles. The summed E-state index contributed by atoms with van der Waals surface area (Å²) >= 11 is 6.12. The van der Waals surface area contributed by atoms with Crippen molar-refractivity contribution in [2.75, 3.05) is 26.2 Å². The quantitative estimate of drug-likeness (QED) is 0.788. The van der Waals surface area contributed by atoms with E-state index in [4.69, 9.17) is 11.6 Å². The zero-order valence-electron chi connectivity index (χ0n) is 15.0. The number of imidazole rings is 1. The van der Waals surface area contributed by atoms with E-state index in [0.717, 1.165) is 0 Å². The van der Waals surface area contributed by atoms with Crippen molar-refractivity contribution in [2.24, 2.45) is 5.92 Å². The number of nitrogens with one attached hydrogen (secondary N) is 1. The van der Waals surface area contributed by atoms with Gasteiger partial charge in [0.05, 0.1) is 23.7 Å². The summed E-state index contributed by atoms with van der Waals surface area (Å²) in [7, 11) is 0. The Labute approximate surface area is 163 Å². The van der Waals surface area contributed by atoms with Crippen molar-refractivity contribution in [1.29, 1.82) is 0 Å². The number of aromatic nitrogens is 2. The van der Waals surface area contributed by atoms with Gasteiger partial charge in [-0.1, -0.05) is 23.7 Å². The number of benzene rings is 1. The average molecular weight is 391 g/mol. The number of carbonyl (C=O) groups excluding carboxylic acids is 2. The van der Waals surface area contributed by atoms with Crippen LogP contribution in [0.4, 0.5) is 0 Å². The maximum absolute atomic E-state index is 12.9. The first kappa shape index (κ1) is 19.4. The molecule has 0 atom stereocenters. The monoisotopic (exact) mass is 390 g/mol. The van der Waals surface area contributed by atoms with E-state index >= 15 is 0 Å². The zero-order valence-corrected chi connectivity index (χ0v) is 15.7. The minimum atomic E-state index is -0.165. The molecule has 27 heavy (non-hydrogen) atoms. The Balaban J connectivity index is 1.59. The Morgan fingerprint density at radius 2 is 2.04 bits per heavy atom. The van der Waals surface area contributed by atoms with Crippen LogP contribution in [0.15, 0.2) is 36.7 Å². The fourth-order valence-electron chi connectivity index (χ4n) is 3.35. The number of aliphatic hydroxyl groups is 1. The van der Waals surface area contributed by atoms with Crippen molar-refractivity contribution < 1.29 is 14.7 Å². The molecule has 1 aromatic heterocycles. The highest BCUT2D eigenvalue weighted by atomic mass is 35.5. The molecule has 1 aliphatic heterocycles. The number of piperidine rings is 1. The highest BCUT2D eigenvalue weighted by Gasteiger charge is 2.31. The molecule has 0 saturated carbocycles. The van der Waals surface area contributed by atoms with Crippen LogP contribution in [0.3, 0.4) is 0 Å². The van der Waals surface area contributed by atoms with Crippen LogP contribution in [0.5, 0.6) is 0 Å². The van der Waals surface area contributed by atoms with Gasteiger partial charge in [-0.15, -0.1) is 0 Å². The van der Waals surface area contributed by atoms with Gasteiger partial charge in [-0.05, 0) is 25.0 Å². The summed E-state index contributed by atoms with van der Waals surface area (Å²) < 4.78 is 0. The van der Waals surface area contributed by atoms with E-state index in [1.165, 1.54) is 0 Å². The molecular formula is C19H23ClN4O3. The SMILES string of the molecule is O=C(c1ccccc1Cl)N1CCC(C(=O)N(CCO)Cc2ncc[nH]2)CC1. The van der Waals surface area contributed by atoms with Crippen LogP contribution < -0.4 is 0 Å². The molecule has 2 aromatic rings. The lowest BCUT2D eigenvalue weighted by molar-refractivity contribution is -0.138. The zero-order chi connectivity index (χ0) is 19.2. The van der Waals surface area contributed by atoms with Crippen LogP contribution in [-0.4, -0.2) is 62.9 Å². The molecule has 0 spiro atoms. The van der Waals surface area contributed by atoms with Gasteiger partial charge < -0.3 is 19.9 Å². The van der Waals surface area contributed by atoms with Gasteiger partial charge in [-0.25, -0.2) is 4.98 Å². The molecule has 0 unspecified atom stereocenters. The second-order valence-electron chi connectivity index (χ2n) is 6.57. The molecular weight excluding hydrogens is 368 g/mol. The molecule has 2 N–H and O–H groups in total. The van der Waals surface area contributed by atoms with E-state index in [2.05, 4.69) is 9.97 Å². The minimum Gasteiger partial charge on any atom is -0.395 e. The predicted molar refractivity (Wildman–Crippen MR) is 101 cm³/mol. The molecule has 2 amide bonds. The van der Waals surface area contributed by atoms with Crippen molar-refractivity contribution in [1.82, 2.24) is 19.8 Å². The van der Waals surface area contributed by atoms with Gasteiger partial charge >= 0.3 is 0 Å². The number of hydrogen-bond acceptors (Lipinski definition) is 4. The number of aliphatic hydroxyl groups excluding tert-OH is 1. The van der Waals surface area contributed by atoms with Crippen molar-refractivity contribution in [2.45, 2.75) is 19.4 Å². The molecule has 1 saturated heterocycles. The third-order valence-electron chi connectivity index (χ3n) is 4.81. The Bertz CT molecular complexity index is 773. The largest absolute Gasteiger partial charge is 0.395 e. The highest BCUT2D eigenvalue weighted by Crippen LogP contribution is 2.24. The van der Waals surface area contributed by atoms with Gasteiger partial charge in [0.15, 0.2) is 0 Å². The number of carbonyl (C=O) groups is 2. The number of hydrogen-bond donors (Lipinski definition) is 2. The smallest absolute Gasteiger partial charge is 0.255 e. The van der Waals surface area contributed by atoms with Gasteiger partial charge in [-0.2, -0.15) is 0 Å². The summed E-state index contributed by atoms with van der Waals surface area (Å²) in [5, 5.41) is 9.73. The van der Waals surface area contributed by atoms with Gasteiger partial charge in [0, 0.05) is 37.9 Å². The van der Waals surface area contributed by atoms with Gasteiger partial charge in [0.1, 0.15) is 5.82 Å². The normalized spacial score (nSPS) is 15.0. The summed E-state index contributed by atoms with van der Waals surface area (Å²) in [5.41, 5.74) is 0.490. The van der Waals surface area contributed by atoms with Crippen molar-refractivity contribution in [3.8, 4) is 0 Å². The fourth-order valence-corrected chi connectivity index (χ4v) is 3.56. The third kappa shape index (κ3) is 4.67. The number of rotatable bonds is 6. The van der Waals surface area contributed by atoms with Crippen molar-refractivity contribution in [3.05, 3.63) is 53.1 Å². The van der Waals surface area contributed by atoms with E-state index in [0.29, 0.717) is 48.9 Å².